The van der Waals surface area contributed by atoms with Gasteiger partial charge < -0.3 is 0 Å². The summed E-state index contributed by atoms with van der Waals surface area (Å²) in [6, 6.07) is 14.5. The molecule has 0 atom stereocenters. The van der Waals surface area contributed by atoms with E-state index in [4.69, 9.17) is 0 Å². The van der Waals surface area contributed by atoms with E-state index in [2.05, 4.69) is 15.0 Å². The number of fused-ring (bicyclic) bond motifs is 1. The van der Waals surface area contributed by atoms with Crippen molar-refractivity contribution in [1.82, 2.24) is 19.5 Å². The highest BCUT2D eigenvalue weighted by atomic mass is 16.6. The Morgan fingerprint density at radius 1 is 1.00 bits per heavy atom. The molecule has 7 heteroatoms. The molecular formula is C18H13N5O2. The van der Waals surface area contributed by atoms with Gasteiger partial charge in [-0.05, 0) is 13.0 Å². The first-order valence-electron chi connectivity index (χ1n) is 7.64. The Balaban J connectivity index is 2.02. The zero-order valence-corrected chi connectivity index (χ0v) is 13.3. The van der Waals surface area contributed by atoms with E-state index in [0.717, 1.165) is 11.1 Å². The summed E-state index contributed by atoms with van der Waals surface area (Å²) in [4.78, 5) is 23.9. The van der Waals surface area contributed by atoms with E-state index in [1.165, 1.54) is 12.4 Å². The van der Waals surface area contributed by atoms with Crippen molar-refractivity contribution in [3.8, 4) is 16.9 Å². The Hall–Kier alpha value is -3.61. The quantitative estimate of drug-likeness (QED) is 0.422. The van der Waals surface area contributed by atoms with E-state index in [9.17, 15) is 10.1 Å². The second-order valence-electron chi connectivity index (χ2n) is 5.62. The first-order valence-corrected chi connectivity index (χ1v) is 7.64. The van der Waals surface area contributed by atoms with E-state index < -0.39 is 4.92 Å². The first-order chi connectivity index (χ1) is 12.1. The maximum atomic E-state index is 11.4. The van der Waals surface area contributed by atoms with Gasteiger partial charge in [-0.15, -0.1) is 0 Å². The summed E-state index contributed by atoms with van der Waals surface area (Å²) in [7, 11) is 0. The minimum atomic E-state index is -0.406. The lowest BCUT2D eigenvalue weighted by atomic mass is 10.1. The average Bonchev–Trinajstić information content (AvgIpc) is 3.06. The first kappa shape index (κ1) is 14.9. The maximum Gasteiger partial charge on any atom is 0.293 e. The molecule has 0 saturated heterocycles. The molecule has 0 aliphatic carbocycles. The Morgan fingerprint density at radius 3 is 2.52 bits per heavy atom. The lowest BCUT2D eigenvalue weighted by Gasteiger charge is -2.08. The number of rotatable bonds is 3. The third-order valence-corrected chi connectivity index (χ3v) is 4.00. The van der Waals surface area contributed by atoms with Gasteiger partial charge in [0.2, 0.25) is 0 Å². The summed E-state index contributed by atoms with van der Waals surface area (Å²) in [5.41, 5.74) is 4.28. The fraction of sp³-hybridized carbons (Fsp3) is 0.0556. The highest BCUT2D eigenvalue weighted by molar-refractivity contribution is 5.89. The van der Waals surface area contributed by atoms with E-state index in [1.807, 2.05) is 31.2 Å². The van der Waals surface area contributed by atoms with Crippen LogP contribution in [-0.2, 0) is 0 Å². The van der Waals surface area contributed by atoms with Gasteiger partial charge in [0.15, 0.2) is 5.65 Å². The number of aryl methyl sites for hydroxylation is 1. The van der Waals surface area contributed by atoms with E-state index in [1.54, 1.807) is 29.1 Å². The molecule has 25 heavy (non-hydrogen) atoms. The van der Waals surface area contributed by atoms with E-state index in [-0.39, 0.29) is 5.69 Å². The van der Waals surface area contributed by atoms with Gasteiger partial charge in [-0.2, -0.15) is 0 Å². The summed E-state index contributed by atoms with van der Waals surface area (Å²) in [5.74, 6) is 0. The maximum absolute atomic E-state index is 11.4. The van der Waals surface area contributed by atoms with Crippen molar-refractivity contribution < 1.29 is 4.92 Å². The topological polar surface area (TPSA) is 86.7 Å². The number of nitro benzene ring substituents is 1. The summed E-state index contributed by atoms with van der Waals surface area (Å²) >= 11 is 0. The predicted octanol–water partition coefficient (Wildman–Crippen LogP) is 3.70. The predicted molar refractivity (Wildman–Crippen MR) is 93.5 cm³/mol. The summed E-state index contributed by atoms with van der Waals surface area (Å²) in [6.45, 7) is 2.01. The van der Waals surface area contributed by atoms with Gasteiger partial charge >= 0.3 is 0 Å². The van der Waals surface area contributed by atoms with Crippen LogP contribution in [0.1, 0.15) is 5.56 Å². The number of nitro groups is 1. The van der Waals surface area contributed by atoms with Crippen molar-refractivity contribution in [2.45, 2.75) is 6.92 Å². The number of nitrogens with zero attached hydrogens (tertiary/aromatic N) is 5. The van der Waals surface area contributed by atoms with Crippen molar-refractivity contribution in [3.05, 3.63) is 76.9 Å². The second kappa shape index (κ2) is 5.79. The molecule has 2 aromatic carbocycles. The van der Waals surface area contributed by atoms with Crippen LogP contribution in [0.15, 0.2) is 61.2 Å². The fourth-order valence-corrected chi connectivity index (χ4v) is 2.78. The molecule has 0 spiro atoms. The van der Waals surface area contributed by atoms with Crippen molar-refractivity contribution in [3.63, 3.8) is 0 Å². The molecule has 0 saturated carbocycles. The van der Waals surface area contributed by atoms with Crippen LogP contribution in [0.2, 0.25) is 0 Å². The monoisotopic (exact) mass is 331 g/mol. The van der Waals surface area contributed by atoms with Crippen molar-refractivity contribution in [1.29, 1.82) is 0 Å². The van der Waals surface area contributed by atoms with Crippen molar-refractivity contribution >= 4 is 16.9 Å². The van der Waals surface area contributed by atoms with Crippen LogP contribution in [0.3, 0.4) is 0 Å². The SMILES string of the molecule is Cc1ccc(-c2ncnc3ncn(-c4ccccc4[N+](=O)[O-])c23)cc1. The summed E-state index contributed by atoms with van der Waals surface area (Å²) in [6.07, 6.45) is 2.99. The Kier molecular flexibility index (Phi) is 3.46. The van der Waals surface area contributed by atoms with Crippen LogP contribution in [0.25, 0.3) is 28.1 Å². The van der Waals surface area contributed by atoms with Gasteiger partial charge in [-0.25, -0.2) is 15.0 Å². The largest absolute Gasteiger partial charge is 0.293 e. The minimum absolute atomic E-state index is 0.000471. The summed E-state index contributed by atoms with van der Waals surface area (Å²) in [5, 5.41) is 11.4. The smallest absolute Gasteiger partial charge is 0.289 e. The Bertz CT molecular complexity index is 1090. The third kappa shape index (κ3) is 2.51. The van der Waals surface area contributed by atoms with Crippen LogP contribution in [0, 0.1) is 17.0 Å². The fourth-order valence-electron chi connectivity index (χ4n) is 2.78. The molecule has 2 heterocycles. The molecule has 122 valence electrons. The molecule has 0 amide bonds. The van der Waals surface area contributed by atoms with Crippen molar-refractivity contribution in [2.75, 3.05) is 0 Å². The van der Waals surface area contributed by atoms with Gasteiger partial charge in [0.05, 0.1) is 4.92 Å². The molecular weight excluding hydrogens is 318 g/mol. The van der Waals surface area contributed by atoms with Crippen LogP contribution in [0.4, 0.5) is 5.69 Å². The zero-order chi connectivity index (χ0) is 17.4. The number of hydrogen-bond donors (Lipinski definition) is 0. The van der Waals surface area contributed by atoms with Crippen LogP contribution < -0.4 is 0 Å². The number of hydrogen-bond acceptors (Lipinski definition) is 5. The van der Waals surface area contributed by atoms with E-state index >= 15 is 0 Å². The number of imidazole rings is 1. The van der Waals surface area contributed by atoms with Crippen LogP contribution >= 0.6 is 0 Å². The lowest BCUT2D eigenvalue weighted by molar-refractivity contribution is -0.384. The summed E-state index contributed by atoms with van der Waals surface area (Å²) < 4.78 is 1.67. The van der Waals surface area contributed by atoms with Gasteiger partial charge in [-0.1, -0.05) is 42.0 Å². The van der Waals surface area contributed by atoms with Gasteiger partial charge in [0, 0.05) is 11.6 Å². The zero-order valence-electron chi connectivity index (χ0n) is 13.3. The highest BCUT2D eigenvalue weighted by Gasteiger charge is 2.19. The molecule has 0 N–H and O–H groups in total. The molecule has 0 fully saturated rings. The van der Waals surface area contributed by atoms with E-state index in [0.29, 0.717) is 22.5 Å². The number of aromatic nitrogens is 4. The van der Waals surface area contributed by atoms with Crippen LogP contribution in [0.5, 0.6) is 0 Å². The van der Waals surface area contributed by atoms with Crippen LogP contribution in [-0.4, -0.2) is 24.4 Å². The van der Waals surface area contributed by atoms with Gasteiger partial charge in [0.25, 0.3) is 5.69 Å². The molecule has 4 aromatic rings. The number of para-hydroxylation sites is 2. The van der Waals surface area contributed by atoms with Crippen molar-refractivity contribution in [2.24, 2.45) is 0 Å². The second-order valence-corrected chi connectivity index (χ2v) is 5.62. The standard InChI is InChI=1S/C18H13N5O2/c1-12-6-8-13(9-7-12)16-17-18(20-10-19-16)21-11-22(17)14-4-2-3-5-15(14)23(24)25/h2-11H,1H3. The van der Waals surface area contributed by atoms with Gasteiger partial charge in [0.1, 0.15) is 29.6 Å². The lowest BCUT2D eigenvalue weighted by Crippen LogP contribution is -2.00. The van der Waals surface area contributed by atoms with Gasteiger partial charge in [-0.3, -0.25) is 14.7 Å². The Morgan fingerprint density at radius 2 is 1.76 bits per heavy atom. The average molecular weight is 331 g/mol. The molecule has 0 radical (unpaired) electrons. The molecule has 7 nitrogen and oxygen atoms in total. The highest BCUT2D eigenvalue weighted by Crippen LogP contribution is 2.30. The molecule has 0 aliphatic heterocycles. The normalized spacial score (nSPS) is 10.9. The Labute approximate surface area is 142 Å². The number of benzene rings is 2. The molecule has 4 rings (SSSR count). The minimum Gasteiger partial charge on any atom is -0.289 e. The molecule has 0 bridgehead atoms. The molecule has 0 aliphatic rings. The molecule has 0 unspecified atom stereocenters. The third-order valence-electron chi connectivity index (χ3n) is 4.00. The molecule has 2 aromatic heterocycles.